The van der Waals surface area contributed by atoms with Crippen molar-refractivity contribution in [2.75, 3.05) is 23.7 Å². The highest BCUT2D eigenvalue weighted by Crippen LogP contribution is 2.31. The fourth-order valence-electron chi connectivity index (χ4n) is 5.43. The molecule has 3 aromatic heterocycles. The van der Waals surface area contributed by atoms with E-state index in [0.29, 0.717) is 42.6 Å². The molecule has 5 aromatic rings. The average molecular weight is 639 g/mol. The Bertz CT molecular complexity index is 1830. The molecule has 6 rings (SSSR count). The fraction of sp³-hybridized carbons (Fsp3) is 0.222. The van der Waals surface area contributed by atoms with Crippen molar-refractivity contribution in [3.8, 4) is 22.8 Å². The van der Waals surface area contributed by atoms with Crippen LogP contribution in [0.3, 0.4) is 0 Å². The van der Waals surface area contributed by atoms with Crippen molar-refractivity contribution in [2.45, 2.75) is 38.4 Å². The highest BCUT2D eigenvalue weighted by Gasteiger charge is 2.30. The first-order chi connectivity index (χ1) is 22.7. The summed E-state index contributed by atoms with van der Waals surface area (Å²) < 4.78 is 45.3. The number of aromatic nitrogens is 3. The van der Waals surface area contributed by atoms with Gasteiger partial charge in [-0.15, -0.1) is 0 Å². The van der Waals surface area contributed by atoms with Gasteiger partial charge in [-0.05, 0) is 91.6 Å². The van der Waals surface area contributed by atoms with E-state index >= 15 is 0 Å². The van der Waals surface area contributed by atoms with Crippen LogP contribution in [0, 0.1) is 6.92 Å². The second kappa shape index (κ2) is 13.9. The molecule has 2 aromatic carbocycles. The first-order valence-electron chi connectivity index (χ1n) is 15.3. The molecule has 1 aliphatic heterocycles. The molecule has 1 saturated heterocycles. The average Bonchev–Trinajstić information content (AvgIpc) is 3.05. The van der Waals surface area contributed by atoms with Crippen LogP contribution >= 0.6 is 0 Å². The number of anilines is 3. The van der Waals surface area contributed by atoms with Gasteiger partial charge in [0.1, 0.15) is 29.0 Å². The minimum Gasteiger partial charge on any atom is -0.457 e. The summed E-state index contributed by atoms with van der Waals surface area (Å²) >= 11 is 0. The smallest absolute Gasteiger partial charge is 0.416 e. The van der Waals surface area contributed by atoms with Gasteiger partial charge in [0.2, 0.25) is 5.91 Å². The van der Waals surface area contributed by atoms with Crippen LogP contribution in [0.5, 0.6) is 11.5 Å². The Labute approximate surface area is 270 Å². The van der Waals surface area contributed by atoms with Gasteiger partial charge in [0, 0.05) is 37.1 Å². The van der Waals surface area contributed by atoms with Crippen LogP contribution in [-0.2, 0) is 17.4 Å². The zero-order valence-corrected chi connectivity index (χ0v) is 25.7. The van der Waals surface area contributed by atoms with Crippen molar-refractivity contribution in [3.05, 3.63) is 120 Å². The van der Waals surface area contributed by atoms with Gasteiger partial charge in [-0.2, -0.15) is 13.2 Å². The van der Waals surface area contributed by atoms with Crippen molar-refractivity contribution in [1.29, 1.82) is 0 Å². The SMILES string of the molecule is Cc1cc(Nc2cc(C(F)(F)F)ccn2)nc(-c2ccc(NC3CCN(C(=O)Cc4cccc(Oc5ccccc5)c4)CC3)nc2)c1. The molecule has 1 fully saturated rings. The Hall–Kier alpha value is -5.45. The lowest BCUT2D eigenvalue weighted by atomic mass is 10.0. The molecule has 0 atom stereocenters. The van der Waals surface area contributed by atoms with Gasteiger partial charge in [-0.25, -0.2) is 15.0 Å². The summed E-state index contributed by atoms with van der Waals surface area (Å²) in [6.07, 6.45) is 0.266. The highest BCUT2D eigenvalue weighted by atomic mass is 19.4. The number of pyridine rings is 3. The number of benzene rings is 2. The molecule has 240 valence electrons. The number of para-hydroxylation sites is 1. The number of hydrogen-bond donors (Lipinski definition) is 2. The molecule has 1 amide bonds. The number of carbonyl (C=O) groups is 1. The van der Waals surface area contributed by atoms with Crippen molar-refractivity contribution in [2.24, 2.45) is 0 Å². The van der Waals surface area contributed by atoms with E-state index in [2.05, 4.69) is 25.6 Å². The van der Waals surface area contributed by atoms with Crippen molar-refractivity contribution in [1.82, 2.24) is 19.9 Å². The first-order valence-corrected chi connectivity index (χ1v) is 15.3. The Morgan fingerprint density at radius 2 is 1.66 bits per heavy atom. The Morgan fingerprint density at radius 3 is 2.40 bits per heavy atom. The summed E-state index contributed by atoms with van der Waals surface area (Å²) in [5, 5.41) is 6.35. The van der Waals surface area contributed by atoms with E-state index < -0.39 is 11.7 Å². The number of aryl methyl sites for hydroxylation is 1. The molecule has 0 radical (unpaired) electrons. The lowest BCUT2D eigenvalue weighted by Gasteiger charge is -2.32. The minimum absolute atomic E-state index is 0.0527. The molecule has 8 nitrogen and oxygen atoms in total. The predicted octanol–water partition coefficient (Wildman–Crippen LogP) is 8.05. The Morgan fingerprint density at radius 1 is 0.872 bits per heavy atom. The van der Waals surface area contributed by atoms with Gasteiger partial charge >= 0.3 is 6.18 Å². The molecule has 4 heterocycles. The number of carbonyl (C=O) groups excluding carboxylic acids is 1. The topological polar surface area (TPSA) is 92.3 Å². The maximum absolute atomic E-state index is 13.1. The zero-order valence-electron chi connectivity index (χ0n) is 25.7. The Balaban J connectivity index is 1.01. The lowest BCUT2D eigenvalue weighted by molar-refractivity contribution is -0.137. The number of amides is 1. The molecule has 1 aliphatic rings. The number of piperidine rings is 1. The summed E-state index contributed by atoms with van der Waals surface area (Å²) in [5.74, 6) is 2.68. The third-order valence-electron chi connectivity index (χ3n) is 7.80. The van der Waals surface area contributed by atoms with Gasteiger partial charge < -0.3 is 20.3 Å². The summed E-state index contributed by atoms with van der Waals surface area (Å²) in [7, 11) is 0. The summed E-state index contributed by atoms with van der Waals surface area (Å²) in [5.41, 5.74) is 2.39. The molecular formula is C36H33F3N6O2. The van der Waals surface area contributed by atoms with Gasteiger partial charge in [0.05, 0.1) is 17.7 Å². The van der Waals surface area contributed by atoms with E-state index in [1.54, 1.807) is 12.3 Å². The van der Waals surface area contributed by atoms with E-state index in [1.807, 2.05) is 84.6 Å². The standard InChI is InChI=1S/C36H33F3N6O2/c1-24-18-31(43-34(19-24)44-33-22-27(12-15-40-33)36(37,38)39)26-10-11-32(41-23-26)42-28-13-16-45(17-14-28)35(46)21-25-6-5-9-30(20-25)47-29-7-3-2-4-8-29/h2-12,15,18-20,22-23,28H,13-14,16-17,21H2,1H3,(H,41,42)(H,40,43,44). The quantitative estimate of drug-likeness (QED) is 0.169. The van der Waals surface area contributed by atoms with Crippen LogP contribution in [0.15, 0.2) is 103 Å². The molecule has 0 bridgehead atoms. The number of likely N-dealkylation sites (tertiary alicyclic amines) is 1. The molecule has 2 N–H and O–H groups in total. The third kappa shape index (κ3) is 8.43. The number of nitrogens with zero attached hydrogens (tertiary/aromatic N) is 4. The number of halogens is 3. The number of alkyl halides is 3. The van der Waals surface area contributed by atoms with Crippen molar-refractivity contribution >= 4 is 23.4 Å². The van der Waals surface area contributed by atoms with Crippen molar-refractivity contribution < 1.29 is 22.7 Å². The van der Waals surface area contributed by atoms with Gasteiger partial charge in [-0.3, -0.25) is 4.79 Å². The van der Waals surface area contributed by atoms with Crippen molar-refractivity contribution in [3.63, 3.8) is 0 Å². The summed E-state index contributed by atoms with van der Waals surface area (Å²) in [6.45, 7) is 3.19. The number of nitrogens with one attached hydrogen (secondary N) is 2. The maximum Gasteiger partial charge on any atom is 0.416 e. The first kappa shape index (κ1) is 31.5. The molecule has 0 unspecified atom stereocenters. The van der Waals surface area contributed by atoms with Crippen LogP contribution < -0.4 is 15.4 Å². The third-order valence-corrected chi connectivity index (χ3v) is 7.80. The Kier molecular flexibility index (Phi) is 9.32. The van der Waals surface area contributed by atoms with Crippen LogP contribution in [-0.4, -0.2) is 44.9 Å². The number of hydrogen-bond acceptors (Lipinski definition) is 7. The van der Waals surface area contributed by atoms with E-state index in [1.165, 1.54) is 0 Å². The zero-order chi connectivity index (χ0) is 32.8. The fourth-order valence-corrected chi connectivity index (χ4v) is 5.43. The van der Waals surface area contributed by atoms with Crippen LogP contribution in [0.4, 0.5) is 30.6 Å². The van der Waals surface area contributed by atoms with Crippen LogP contribution in [0.1, 0.15) is 29.5 Å². The van der Waals surface area contributed by atoms with Gasteiger partial charge in [0.15, 0.2) is 0 Å². The summed E-state index contributed by atoms with van der Waals surface area (Å²) in [6, 6.07) is 26.6. The number of rotatable bonds is 9. The second-order valence-electron chi connectivity index (χ2n) is 11.4. The van der Waals surface area contributed by atoms with E-state index in [9.17, 15) is 18.0 Å². The lowest BCUT2D eigenvalue weighted by Crippen LogP contribution is -2.43. The predicted molar refractivity (Wildman–Crippen MR) is 175 cm³/mol. The minimum atomic E-state index is -4.47. The highest BCUT2D eigenvalue weighted by molar-refractivity contribution is 5.79. The molecule has 0 aliphatic carbocycles. The molecule has 11 heteroatoms. The van der Waals surface area contributed by atoms with E-state index in [-0.39, 0.29) is 17.8 Å². The maximum atomic E-state index is 13.1. The number of ether oxygens (including phenoxy) is 1. The van der Waals surface area contributed by atoms with Crippen LogP contribution in [0.2, 0.25) is 0 Å². The molecule has 0 saturated carbocycles. The molecule has 47 heavy (non-hydrogen) atoms. The largest absolute Gasteiger partial charge is 0.457 e. The van der Waals surface area contributed by atoms with E-state index in [4.69, 9.17) is 4.74 Å². The monoisotopic (exact) mass is 638 g/mol. The van der Waals surface area contributed by atoms with Gasteiger partial charge in [-0.1, -0.05) is 30.3 Å². The summed E-state index contributed by atoms with van der Waals surface area (Å²) in [4.78, 5) is 28.1. The normalized spacial score (nSPS) is 13.7. The molecule has 0 spiro atoms. The van der Waals surface area contributed by atoms with Gasteiger partial charge in [0.25, 0.3) is 0 Å². The van der Waals surface area contributed by atoms with Crippen LogP contribution in [0.25, 0.3) is 11.3 Å². The van der Waals surface area contributed by atoms with E-state index in [0.717, 1.165) is 53.6 Å². The second-order valence-corrected chi connectivity index (χ2v) is 11.4. The molecular weight excluding hydrogens is 605 g/mol.